The molecule has 158 valence electrons. The van der Waals surface area contributed by atoms with Crippen LogP contribution in [0.15, 0.2) is 22.7 Å². The van der Waals surface area contributed by atoms with Gasteiger partial charge in [0.1, 0.15) is 12.4 Å². The van der Waals surface area contributed by atoms with Crippen LogP contribution in [-0.4, -0.2) is 60.2 Å². The minimum absolute atomic E-state index is 0.0135. The lowest BCUT2D eigenvalue weighted by Crippen LogP contribution is -2.37. The molecule has 0 radical (unpaired) electrons. The summed E-state index contributed by atoms with van der Waals surface area (Å²) in [7, 11) is -1.62. The van der Waals surface area contributed by atoms with Gasteiger partial charge in [0.25, 0.3) is 0 Å². The average molecular weight is 425 g/mol. The Labute approximate surface area is 168 Å². The van der Waals surface area contributed by atoms with E-state index in [0.717, 1.165) is 0 Å². The van der Waals surface area contributed by atoms with E-state index in [2.05, 4.69) is 15.5 Å². The number of halogens is 1. The van der Waals surface area contributed by atoms with Crippen LogP contribution in [0.2, 0.25) is 0 Å². The Bertz CT molecular complexity index is 986. The van der Waals surface area contributed by atoms with Crippen molar-refractivity contribution in [1.82, 2.24) is 19.3 Å². The Morgan fingerprint density at radius 2 is 2.07 bits per heavy atom. The van der Waals surface area contributed by atoms with Gasteiger partial charge in [0.15, 0.2) is 5.82 Å². The van der Waals surface area contributed by atoms with Crippen molar-refractivity contribution in [3.63, 3.8) is 0 Å². The van der Waals surface area contributed by atoms with E-state index in [4.69, 9.17) is 4.52 Å². The van der Waals surface area contributed by atoms with Crippen molar-refractivity contribution in [3.8, 4) is 0 Å². The van der Waals surface area contributed by atoms with Gasteiger partial charge in [0.05, 0.1) is 6.26 Å². The zero-order valence-electron chi connectivity index (χ0n) is 16.6. The molecule has 1 saturated heterocycles. The van der Waals surface area contributed by atoms with Crippen molar-refractivity contribution in [2.45, 2.75) is 32.2 Å². The van der Waals surface area contributed by atoms with Crippen LogP contribution in [0.3, 0.4) is 0 Å². The van der Waals surface area contributed by atoms with Crippen LogP contribution in [0.5, 0.6) is 0 Å². The monoisotopic (exact) mass is 425 g/mol. The zero-order chi connectivity index (χ0) is 21.2. The molecule has 29 heavy (non-hydrogen) atoms. The molecule has 0 aliphatic carbocycles. The van der Waals surface area contributed by atoms with Crippen LogP contribution < -0.4 is 5.32 Å². The fourth-order valence-electron chi connectivity index (χ4n) is 3.17. The molecule has 2 amide bonds. The number of benzene rings is 1. The maximum absolute atomic E-state index is 13.6. The van der Waals surface area contributed by atoms with Crippen LogP contribution in [-0.2, 0) is 16.6 Å². The molecule has 0 unspecified atom stereocenters. The number of urea groups is 1. The Balaban J connectivity index is 1.57. The predicted molar refractivity (Wildman–Crippen MR) is 104 cm³/mol. The molecule has 0 saturated carbocycles. The van der Waals surface area contributed by atoms with Crippen molar-refractivity contribution >= 4 is 21.7 Å². The van der Waals surface area contributed by atoms with Crippen molar-refractivity contribution in [3.05, 3.63) is 41.3 Å². The molecule has 0 spiro atoms. The SMILES string of the molecule is Cc1c(F)cccc1NC(=O)N(C)Cc1nc(C2CCN(S(C)(=O)=O)CC2)no1. The van der Waals surface area contributed by atoms with Crippen LogP contribution in [0, 0.1) is 12.7 Å². The molecule has 1 aliphatic heterocycles. The number of amides is 2. The van der Waals surface area contributed by atoms with Crippen LogP contribution in [0.4, 0.5) is 14.9 Å². The highest BCUT2D eigenvalue weighted by molar-refractivity contribution is 7.88. The Kier molecular flexibility index (Phi) is 6.18. The second-order valence-corrected chi connectivity index (χ2v) is 9.16. The van der Waals surface area contributed by atoms with Crippen LogP contribution in [0.25, 0.3) is 0 Å². The first-order chi connectivity index (χ1) is 13.6. The van der Waals surface area contributed by atoms with Gasteiger partial charge in [-0.15, -0.1) is 0 Å². The number of rotatable bonds is 5. The lowest BCUT2D eigenvalue weighted by Gasteiger charge is -2.28. The third-order valence-electron chi connectivity index (χ3n) is 5.00. The molecule has 2 heterocycles. The minimum Gasteiger partial charge on any atom is -0.337 e. The number of hydrogen-bond acceptors (Lipinski definition) is 6. The van der Waals surface area contributed by atoms with Crippen LogP contribution in [0.1, 0.15) is 36.0 Å². The fraction of sp³-hybridized carbons (Fsp3) is 0.500. The maximum atomic E-state index is 13.6. The number of hydrogen-bond donors (Lipinski definition) is 1. The molecule has 0 bridgehead atoms. The van der Waals surface area contributed by atoms with E-state index in [0.29, 0.717) is 43.0 Å². The molecule has 3 rings (SSSR count). The Morgan fingerprint density at radius 3 is 2.72 bits per heavy atom. The number of nitrogens with zero attached hydrogens (tertiary/aromatic N) is 4. The van der Waals surface area contributed by atoms with E-state index < -0.39 is 21.9 Å². The first-order valence-corrected chi connectivity index (χ1v) is 11.0. The zero-order valence-corrected chi connectivity index (χ0v) is 17.4. The van der Waals surface area contributed by atoms with Crippen molar-refractivity contribution in [2.75, 3.05) is 31.7 Å². The topological polar surface area (TPSA) is 109 Å². The van der Waals surface area contributed by atoms with Gasteiger partial charge in [-0.1, -0.05) is 11.2 Å². The number of carbonyl (C=O) groups is 1. The molecule has 9 nitrogen and oxygen atoms in total. The molecule has 0 atom stereocenters. The summed E-state index contributed by atoms with van der Waals surface area (Å²) in [5.41, 5.74) is 0.750. The number of anilines is 1. The summed E-state index contributed by atoms with van der Waals surface area (Å²) in [6.07, 6.45) is 2.43. The van der Waals surface area contributed by atoms with Gasteiger partial charge in [-0.2, -0.15) is 4.98 Å². The third-order valence-corrected chi connectivity index (χ3v) is 6.30. The quantitative estimate of drug-likeness (QED) is 0.788. The average Bonchev–Trinajstić information content (AvgIpc) is 3.13. The first kappa shape index (κ1) is 21.2. The van der Waals surface area contributed by atoms with E-state index >= 15 is 0 Å². The highest BCUT2D eigenvalue weighted by Gasteiger charge is 2.28. The Morgan fingerprint density at radius 1 is 1.38 bits per heavy atom. The standard InChI is InChI=1S/C18H24FN5O4S/c1-12-14(19)5-4-6-15(12)20-18(25)23(2)11-16-21-17(22-28-16)13-7-9-24(10-8-13)29(3,26)27/h4-6,13H,7-11H2,1-3H3,(H,20,25). The summed E-state index contributed by atoms with van der Waals surface area (Å²) in [5, 5.41) is 6.64. The van der Waals surface area contributed by atoms with Gasteiger partial charge >= 0.3 is 6.03 Å². The highest BCUT2D eigenvalue weighted by atomic mass is 32.2. The fourth-order valence-corrected chi connectivity index (χ4v) is 4.05. The largest absolute Gasteiger partial charge is 0.337 e. The molecule has 1 aromatic heterocycles. The van der Waals surface area contributed by atoms with E-state index in [1.807, 2.05) is 0 Å². The molecule has 1 fully saturated rings. The highest BCUT2D eigenvalue weighted by Crippen LogP contribution is 2.27. The Hall–Kier alpha value is -2.53. The molecular weight excluding hydrogens is 401 g/mol. The van der Waals surface area contributed by atoms with Crippen molar-refractivity contribution < 1.29 is 22.1 Å². The number of nitrogens with one attached hydrogen (secondary N) is 1. The normalized spacial score (nSPS) is 16.0. The van der Waals surface area contributed by atoms with Crippen molar-refractivity contribution in [2.24, 2.45) is 0 Å². The van der Waals surface area contributed by atoms with Gasteiger partial charge in [-0.3, -0.25) is 0 Å². The molecule has 1 aromatic carbocycles. The van der Waals surface area contributed by atoms with Gasteiger partial charge in [-0.05, 0) is 31.9 Å². The van der Waals surface area contributed by atoms with Gasteiger partial charge < -0.3 is 14.7 Å². The predicted octanol–water partition coefficient (Wildman–Crippen LogP) is 2.32. The summed E-state index contributed by atoms with van der Waals surface area (Å²) in [4.78, 5) is 18.1. The number of carbonyl (C=O) groups excluding carboxylic acids is 1. The third kappa shape index (κ3) is 5.10. The summed E-state index contributed by atoms with van der Waals surface area (Å²) >= 11 is 0. The molecule has 11 heteroatoms. The number of piperidine rings is 1. The van der Waals surface area contributed by atoms with E-state index in [-0.39, 0.29) is 18.4 Å². The molecular formula is C18H24FN5O4S. The van der Waals surface area contributed by atoms with Gasteiger partial charge in [0.2, 0.25) is 15.9 Å². The minimum atomic E-state index is -3.19. The van der Waals surface area contributed by atoms with E-state index in [9.17, 15) is 17.6 Å². The molecule has 1 N–H and O–H groups in total. The maximum Gasteiger partial charge on any atom is 0.322 e. The van der Waals surface area contributed by atoms with E-state index in [1.54, 1.807) is 20.0 Å². The smallest absolute Gasteiger partial charge is 0.322 e. The lowest BCUT2D eigenvalue weighted by atomic mass is 9.98. The van der Waals surface area contributed by atoms with Gasteiger partial charge in [-0.25, -0.2) is 21.9 Å². The van der Waals surface area contributed by atoms with Crippen LogP contribution >= 0.6 is 0 Å². The second kappa shape index (κ2) is 8.46. The summed E-state index contributed by atoms with van der Waals surface area (Å²) in [6, 6.07) is 4.05. The first-order valence-electron chi connectivity index (χ1n) is 9.20. The number of sulfonamides is 1. The number of aromatic nitrogens is 2. The molecule has 2 aromatic rings. The second-order valence-electron chi connectivity index (χ2n) is 7.18. The lowest BCUT2D eigenvalue weighted by molar-refractivity contribution is 0.213. The summed E-state index contributed by atoms with van der Waals surface area (Å²) in [6.45, 7) is 2.52. The van der Waals surface area contributed by atoms with E-state index in [1.165, 1.54) is 27.6 Å². The molecule has 1 aliphatic rings. The van der Waals surface area contributed by atoms with Gasteiger partial charge in [0, 0.05) is 37.3 Å². The summed E-state index contributed by atoms with van der Waals surface area (Å²) in [5.74, 6) is 0.413. The summed E-state index contributed by atoms with van der Waals surface area (Å²) < 4.78 is 43.5. The van der Waals surface area contributed by atoms with Crippen molar-refractivity contribution in [1.29, 1.82) is 0 Å².